The summed E-state index contributed by atoms with van der Waals surface area (Å²) in [6.07, 6.45) is 0.468. The van der Waals surface area contributed by atoms with Crippen molar-refractivity contribution in [2.24, 2.45) is 0 Å². The number of H-pyrrole nitrogens is 1. The second-order valence-electron chi connectivity index (χ2n) is 3.22. The lowest BCUT2D eigenvalue weighted by molar-refractivity contribution is -0.139. The predicted molar refractivity (Wildman–Crippen MR) is 52.5 cm³/mol. The van der Waals surface area contributed by atoms with Crippen LogP contribution >= 0.6 is 0 Å². The highest BCUT2D eigenvalue weighted by Crippen LogP contribution is 2.19. The van der Waals surface area contributed by atoms with E-state index in [0.717, 1.165) is 5.56 Å². The van der Waals surface area contributed by atoms with E-state index in [2.05, 4.69) is 4.98 Å². The number of aromatic amines is 1. The van der Waals surface area contributed by atoms with Crippen LogP contribution in [0.3, 0.4) is 0 Å². The lowest BCUT2D eigenvalue weighted by atomic mass is 9.98. The number of hydrogen-bond acceptors (Lipinski definition) is 2. The number of aryl methyl sites for hydroxylation is 1. The molecular weight excluding hydrogens is 182 g/mol. The van der Waals surface area contributed by atoms with Crippen molar-refractivity contribution in [3.05, 3.63) is 33.7 Å². The summed E-state index contributed by atoms with van der Waals surface area (Å²) in [5.41, 5.74) is 1.05. The molecule has 0 spiro atoms. The largest absolute Gasteiger partial charge is 0.481 e. The summed E-state index contributed by atoms with van der Waals surface area (Å²) in [6.45, 7) is 3.57. The van der Waals surface area contributed by atoms with E-state index in [0.29, 0.717) is 12.1 Å². The molecule has 0 aliphatic rings. The first-order chi connectivity index (χ1) is 6.56. The quantitative estimate of drug-likeness (QED) is 0.762. The number of carboxylic acid groups (broad SMARTS) is 1. The number of rotatable bonds is 3. The van der Waals surface area contributed by atoms with E-state index in [9.17, 15) is 9.59 Å². The molecule has 4 heteroatoms. The third-order valence-electron chi connectivity index (χ3n) is 2.22. The van der Waals surface area contributed by atoms with Gasteiger partial charge in [-0.15, -0.1) is 0 Å². The highest BCUT2D eigenvalue weighted by molar-refractivity contribution is 5.75. The standard InChI is InChI=1S/C10H13NO3/c1-3-7(10(13)14)9-6(2)4-5-8(12)11-9/h4-5,7H,3H2,1-2H3,(H,11,12)(H,13,14). The van der Waals surface area contributed by atoms with Crippen molar-refractivity contribution in [3.8, 4) is 0 Å². The summed E-state index contributed by atoms with van der Waals surface area (Å²) < 4.78 is 0. The predicted octanol–water partition coefficient (Wildman–Crippen LogP) is 1.26. The molecule has 0 fully saturated rings. The molecule has 0 saturated heterocycles. The van der Waals surface area contributed by atoms with E-state index < -0.39 is 11.9 Å². The number of carbonyl (C=O) groups is 1. The van der Waals surface area contributed by atoms with Gasteiger partial charge in [-0.1, -0.05) is 13.0 Å². The summed E-state index contributed by atoms with van der Waals surface area (Å²) in [7, 11) is 0. The summed E-state index contributed by atoms with van der Waals surface area (Å²) in [6, 6.07) is 3.03. The highest BCUT2D eigenvalue weighted by Gasteiger charge is 2.19. The van der Waals surface area contributed by atoms with Crippen LogP contribution in [-0.2, 0) is 4.79 Å². The Hall–Kier alpha value is -1.58. The zero-order chi connectivity index (χ0) is 10.7. The first-order valence-corrected chi connectivity index (χ1v) is 4.49. The molecule has 1 aromatic heterocycles. The van der Waals surface area contributed by atoms with Crippen molar-refractivity contribution >= 4 is 5.97 Å². The van der Waals surface area contributed by atoms with Crippen molar-refractivity contribution in [1.29, 1.82) is 0 Å². The summed E-state index contributed by atoms with van der Waals surface area (Å²) in [5, 5.41) is 8.92. The van der Waals surface area contributed by atoms with Gasteiger partial charge in [-0.25, -0.2) is 0 Å². The Morgan fingerprint density at radius 2 is 2.21 bits per heavy atom. The number of aromatic nitrogens is 1. The maximum Gasteiger partial charge on any atom is 0.312 e. The van der Waals surface area contributed by atoms with Crippen molar-refractivity contribution in [3.63, 3.8) is 0 Å². The van der Waals surface area contributed by atoms with Crippen molar-refractivity contribution in [1.82, 2.24) is 4.98 Å². The van der Waals surface area contributed by atoms with E-state index in [4.69, 9.17) is 5.11 Å². The van der Waals surface area contributed by atoms with Gasteiger partial charge in [0, 0.05) is 11.8 Å². The number of aliphatic carboxylic acids is 1. The van der Waals surface area contributed by atoms with Gasteiger partial charge < -0.3 is 10.1 Å². The van der Waals surface area contributed by atoms with Gasteiger partial charge in [0.05, 0.1) is 5.92 Å². The average Bonchev–Trinajstić information content (AvgIpc) is 2.11. The Bertz CT molecular complexity index is 395. The van der Waals surface area contributed by atoms with Gasteiger partial charge >= 0.3 is 5.97 Å². The second-order valence-corrected chi connectivity index (χ2v) is 3.22. The first kappa shape index (κ1) is 10.5. The van der Waals surface area contributed by atoms with Crippen molar-refractivity contribution < 1.29 is 9.90 Å². The molecule has 0 radical (unpaired) electrons. The number of carboxylic acids is 1. The Kier molecular flexibility index (Phi) is 3.06. The van der Waals surface area contributed by atoms with E-state index in [1.807, 2.05) is 0 Å². The fourth-order valence-electron chi connectivity index (χ4n) is 1.43. The van der Waals surface area contributed by atoms with E-state index in [-0.39, 0.29) is 5.56 Å². The minimum Gasteiger partial charge on any atom is -0.481 e. The summed E-state index contributed by atoms with van der Waals surface area (Å²) in [4.78, 5) is 24.5. The molecule has 2 N–H and O–H groups in total. The van der Waals surface area contributed by atoms with Crippen LogP contribution in [0.5, 0.6) is 0 Å². The molecule has 1 atom stereocenters. The van der Waals surface area contributed by atoms with Gasteiger partial charge in [0.1, 0.15) is 0 Å². The molecule has 1 rings (SSSR count). The Labute approximate surface area is 81.6 Å². The van der Waals surface area contributed by atoms with E-state index in [1.165, 1.54) is 6.07 Å². The molecule has 4 nitrogen and oxygen atoms in total. The van der Waals surface area contributed by atoms with Crippen molar-refractivity contribution in [2.45, 2.75) is 26.2 Å². The normalized spacial score (nSPS) is 12.4. The van der Waals surface area contributed by atoms with Crippen LogP contribution in [0.1, 0.15) is 30.5 Å². The SMILES string of the molecule is CCC(C(=O)O)c1[nH]c(=O)ccc1C. The smallest absolute Gasteiger partial charge is 0.312 e. The maximum absolute atomic E-state index is 11.0. The molecular formula is C10H13NO3. The van der Waals surface area contributed by atoms with Crippen LogP contribution in [0.15, 0.2) is 16.9 Å². The Morgan fingerprint density at radius 3 is 2.71 bits per heavy atom. The minimum absolute atomic E-state index is 0.259. The van der Waals surface area contributed by atoms with Crippen LogP contribution in [0.4, 0.5) is 0 Å². The maximum atomic E-state index is 11.0. The molecule has 0 aromatic carbocycles. The summed E-state index contributed by atoms with van der Waals surface area (Å²) >= 11 is 0. The third kappa shape index (κ3) is 2.02. The van der Waals surface area contributed by atoms with Gasteiger partial charge in [0.15, 0.2) is 0 Å². The Balaban J connectivity index is 3.21. The molecule has 0 amide bonds. The molecule has 76 valence electrons. The van der Waals surface area contributed by atoms with Crippen molar-refractivity contribution in [2.75, 3.05) is 0 Å². The lowest BCUT2D eigenvalue weighted by Gasteiger charge is -2.11. The third-order valence-corrected chi connectivity index (χ3v) is 2.22. The highest BCUT2D eigenvalue weighted by atomic mass is 16.4. The minimum atomic E-state index is -0.905. The van der Waals surface area contributed by atoms with Crippen LogP contribution in [0.25, 0.3) is 0 Å². The Morgan fingerprint density at radius 1 is 1.57 bits per heavy atom. The van der Waals surface area contributed by atoms with Crippen LogP contribution in [0.2, 0.25) is 0 Å². The van der Waals surface area contributed by atoms with E-state index >= 15 is 0 Å². The second kappa shape index (κ2) is 4.09. The molecule has 0 bridgehead atoms. The first-order valence-electron chi connectivity index (χ1n) is 4.49. The molecule has 0 aliphatic carbocycles. The number of nitrogens with one attached hydrogen (secondary N) is 1. The summed E-state index contributed by atoms with van der Waals surface area (Å²) in [5.74, 6) is -1.53. The van der Waals surface area contributed by atoms with Crippen LogP contribution in [0, 0.1) is 6.92 Å². The fraction of sp³-hybridized carbons (Fsp3) is 0.400. The van der Waals surface area contributed by atoms with Crippen LogP contribution < -0.4 is 5.56 Å². The zero-order valence-corrected chi connectivity index (χ0v) is 8.20. The molecule has 1 unspecified atom stereocenters. The lowest BCUT2D eigenvalue weighted by Crippen LogP contribution is -2.18. The van der Waals surface area contributed by atoms with Crippen LogP contribution in [-0.4, -0.2) is 16.1 Å². The topological polar surface area (TPSA) is 70.2 Å². The van der Waals surface area contributed by atoms with E-state index in [1.54, 1.807) is 19.9 Å². The van der Waals surface area contributed by atoms with Gasteiger partial charge in [0.25, 0.3) is 0 Å². The monoisotopic (exact) mass is 195 g/mol. The van der Waals surface area contributed by atoms with Gasteiger partial charge in [0.2, 0.25) is 5.56 Å². The van der Waals surface area contributed by atoms with Gasteiger partial charge in [-0.05, 0) is 18.9 Å². The molecule has 0 saturated carbocycles. The molecule has 14 heavy (non-hydrogen) atoms. The number of pyridine rings is 1. The number of hydrogen-bond donors (Lipinski definition) is 2. The van der Waals surface area contributed by atoms with Gasteiger partial charge in [-0.3, -0.25) is 9.59 Å². The fourth-order valence-corrected chi connectivity index (χ4v) is 1.43. The average molecular weight is 195 g/mol. The zero-order valence-electron chi connectivity index (χ0n) is 8.20. The van der Waals surface area contributed by atoms with Gasteiger partial charge in [-0.2, -0.15) is 0 Å². The molecule has 1 aromatic rings. The molecule has 1 heterocycles. The molecule has 0 aliphatic heterocycles.